The molecule has 6 nitrogen and oxygen atoms in total. The van der Waals surface area contributed by atoms with E-state index in [0.29, 0.717) is 19.3 Å². The van der Waals surface area contributed by atoms with Crippen molar-refractivity contribution in [3.05, 3.63) is 12.2 Å². The molecule has 0 amide bonds. The van der Waals surface area contributed by atoms with Crippen LogP contribution >= 0.6 is 0 Å². The van der Waals surface area contributed by atoms with Crippen molar-refractivity contribution in [2.45, 2.75) is 380 Å². The Morgan fingerprint density at radius 1 is 0.264 bits per heavy atom. The van der Waals surface area contributed by atoms with Gasteiger partial charge >= 0.3 is 17.9 Å². The van der Waals surface area contributed by atoms with E-state index in [-0.39, 0.29) is 31.1 Å². The zero-order valence-corrected chi connectivity index (χ0v) is 49.0. The van der Waals surface area contributed by atoms with E-state index in [1.165, 1.54) is 276 Å². The van der Waals surface area contributed by atoms with E-state index in [1.54, 1.807) is 0 Å². The molecule has 6 heteroatoms. The lowest BCUT2D eigenvalue weighted by Gasteiger charge is -2.18. The molecule has 0 saturated heterocycles. The molecule has 72 heavy (non-hydrogen) atoms. The highest BCUT2D eigenvalue weighted by molar-refractivity contribution is 5.71. The number of carbonyl (C=O) groups is 3. The van der Waals surface area contributed by atoms with Crippen LogP contribution in [0, 0.1) is 0 Å². The maximum atomic E-state index is 12.9. The first kappa shape index (κ1) is 70.1. The number of esters is 3. The molecular formula is C66H126O6. The van der Waals surface area contributed by atoms with Crippen LogP contribution in [0.25, 0.3) is 0 Å². The zero-order valence-electron chi connectivity index (χ0n) is 49.0. The predicted molar refractivity (Wildman–Crippen MR) is 312 cm³/mol. The summed E-state index contributed by atoms with van der Waals surface area (Å²) in [4.78, 5) is 38.3. The summed E-state index contributed by atoms with van der Waals surface area (Å²) < 4.78 is 16.9. The van der Waals surface area contributed by atoms with Gasteiger partial charge in [0.05, 0.1) is 0 Å². The second kappa shape index (κ2) is 61.7. The molecule has 0 radical (unpaired) electrons. The van der Waals surface area contributed by atoms with Crippen molar-refractivity contribution in [3.63, 3.8) is 0 Å². The van der Waals surface area contributed by atoms with Crippen LogP contribution in [-0.2, 0) is 28.6 Å². The molecule has 0 aromatic carbocycles. The van der Waals surface area contributed by atoms with E-state index >= 15 is 0 Å². The molecule has 0 N–H and O–H groups in total. The number of ether oxygens (including phenoxy) is 3. The van der Waals surface area contributed by atoms with Gasteiger partial charge in [-0.15, -0.1) is 0 Å². The lowest BCUT2D eigenvalue weighted by atomic mass is 10.0. The second-order valence-electron chi connectivity index (χ2n) is 22.4. The average molecular weight is 1020 g/mol. The molecule has 0 saturated carbocycles. The Bertz CT molecular complexity index is 1120. The maximum Gasteiger partial charge on any atom is 0.306 e. The molecule has 0 aliphatic carbocycles. The molecule has 0 rings (SSSR count). The number of hydrogen-bond acceptors (Lipinski definition) is 6. The van der Waals surface area contributed by atoms with Crippen LogP contribution < -0.4 is 0 Å². The van der Waals surface area contributed by atoms with Gasteiger partial charge in [0.2, 0.25) is 0 Å². The Morgan fingerprint density at radius 3 is 0.694 bits per heavy atom. The highest BCUT2D eigenvalue weighted by atomic mass is 16.6. The topological polar surface area (TPSA) is 78.9 Å². The quantitative estimate of drug-likeness (QED) is 0.0261. The number of hydrogen-bond donors (Lipinski definition) is 0. The molecular weight excluding hydrogens is 889 g/mol. The summed E-state index contributed by atoms with van der Waals surface area (Å²) in [6, 6.07) is 0. The van der Waals surface area contributed by atoms with Gasteiger partial charge in [0.25, 0.3) is 0 Å². The van der Waals surface area contributed by atoms with Crippen molar-refractivity contribution >= 4 is 17.9 Å². The van der Waals surface area contributed by atoms with Gasteiger partial charge in [-0.3, -0.25) is 14.4 Å². The summed E-state index contributed by atoms with van der Waals surface area (Å²) in [5.74, 6) is -0.836. The lowest BCUT2D eigenvalue weighted by molar-refractivity contribution is -0.167. The highest BCUT2D eigenvalue weighted by Crippen LogP contribution is 2.18. The third-order valence-corrected chi connectivity index (χ3v) is 15.0. The molecule has 0 aliphatic heterocycles. The van der Waals surface area contributed by atoms with Gasteiger partial charge in [-0.1, -0.05) is 322 Å². The SMILES string of the molecule is CCCCCCCCCC/C=C\CCCCCCCCCCCC(=O)OCC(COC(=O)CCCCCCCCCCCCCC)OC(=O)CCCCCCCCCCCCCCCCCCCCCCC. The smallest absolute Gasteiger partial charge is 0.306 e. The third-order valence-electron chi connectivity index (χ3n) is 15.0. The van der Waals surface area contributed by atoms with E-state index < -0.39 is 6.10 Å². The van der Waals surface area contributed by atoms with E-state index in [0.717, 1.165) is 57.8 Å². The first-order valence-electron chi connectivity index (χ1n) is 32.7. The van der Waals surface area contributed by atoms with Gasteiger partial charge in [0, 0.05) is 19.3 Å². The monoisotopic (exact) mass is 1010 g/mol. The fourth-order valence-electron chi connectivity index (χ4n) is 10.1. The minimum Gasteiger partial charge on any atom is -0.462 e. The Hall–Kier alpha value is -1.85. The first-order chi connectivity index (χ1) is 35.5. The summed E-state index contributed by atoms with van der Waals surface area (Å²) in [7, 11) is 0. The van der Waals surface area contributed by atoms with Crippen molar-refractivity contribution < 1.29 is 28.6 Å². The van der Waals surface area contributed by atoms with Crippen molar-refractivity contribution in [2.24, 2.45) is 0 Å². The second-order valence-corrected chi connectivity index (χ2v) is 22.4. The minimum atomic E-state index is -0.766. The fraction of sp³-hybridized carbons (Fsp3) is 0.924. The van der Waals surface area contributed by atoms with Gasteiger partial charge < -0.3 is 14.2 Å². The summed E-state index contributed by atoms with van der Waals surface area (Å²) in [5, 5.41) is 0. The van der Waals surface area contributed by atoms with Crippen LogP contribution in [0.1, 0.15) is 374 Å². The van der Waals surface area contributed by atoms with Crippen molar-refractivity contribution in [1.82, 2.24) is 0 Å². The Morgan fingerprint density at radius 2 is 0.458 bits per heavy atom. The molecule has 426 valence electrons. The molecule has 0 aromatic rings. The van der Waals surface area contributed by atoms with Gasteiger partial charge in [-0.05, 0) is 44.9 Å². The average Bonchev–Trinajstić information content (AvgIpc) is 3.38. The van der Waals surface area contributed by atoms with Gasteiger partial charge in [-0.25, -0.2) is 0 Å². The van der Waals surface area contributed by atoms with Crippen LogP contribution in [0.4, 0.5) is 0 Å². The van der Waals surface area contributed by atoms with Gasteiger partial charge in [0.15, 0.2) is 6.10 Å². The van der Waals surface area contributed by atoms with E-state index in [1.807, 2.05) is 0 Å². The van der Waals surface area contributed by atoms with E-state index in [2.05, 4.69) is 32.9 Å². The molecule has 0 heterocycles. The maximum absolute atomic E-state index is 12.9. The van der Waals surface area contributed by atoms with Crippen molar-refractivity contribution in [2.75, 3.05) is 13.2 Å². The Labute approximate surface area is 450 Å². The lowest BCUT2D eigenvalue weighted by Crippen LogP contribution is -2.30. The highest BCUT2D eigenvalue weighted by Gasteiger charge is 2.19. The molecule has 0 bridgehead atoms. The largest absolute Gasteiger partial charge is 0.462 e. The third kappa shape index (κ3) is 59.0. The van der Waals surface area contributed by atoms with Crippen molar-refractivity contribution in [1.29, 1.82) is 0 Å². The summed E-state index contributed by atoms with van der Waals surface area (Å²) in [6.07, 6.45) is 72.2. The number of carbonyl (C=O) groups excluding carboxylic acids is 3. The molecule has 0 aromatic heterocycles. The number of rotatable bonds is 61. The Balaban J connectivity index is 4.24. The molecule has 0 aliphatic rings. The minimum absolute atomic E-state index is 0.0640. The van der Waals surface area contributed by atoms with Crippen LogP contribution in [0.15, 0.2) is 12.2 Å². The first-order valence-corrected chi connectivity index (χ1v) is 32.7. The Kier molecular flexibility index (Phi) is 60.1. The summed E-state index contributed by atoms with van der Waals surface area (Å²) in [5.41, 5.74) is 0. The standard InChI is InChI=1S/C66H126O6/c1-4-7-10-13-16-19-22-25-27-29-31-33-35-37-39-41-44-47-50-53-56-59-65(68)71-62-63(61-70-64(67)58-55-52-49-46-43-24-21-18-15-12-9-6-3)72-66(69)60-57-54-51-48-45-42-40-38-36-34-32-30-28-26-23-20-17-14-11-8-5-2/h29,31,63H,4-28,30,32-62H2,1-3H3/b31-29-. The summed E-state index contributed by atoms with van der Waals surface area (Å²) in [6.45, 7) is 6.71. The fourth-order valence-corrected chi connectivity index (χ4v) is 10.1. The molecule has 1 atom stereocenters. The van der Waals surface area contributed by atoms with Crippen LogP contribution in [-0.4, -0.2) is 37.2 Å². The molecule has 0 spiro atoms. The van der Waals surface area contributed by atoms with Gasteiger partial charge in [0.1, 0.15) is 13.2 Å². The normalized spacial score (nSPS) is 12.0. The summed E-state index contributed by atoms with van der Waals surface area (Å²) >= 11 is 0. The number of allylic oxidation sites excluding steroid dienone is 2. The molecule has 1 unspecified atom stereocenters. The zero-order chi connectivity index (χ0) is 52.2. The van der Waals surface area contributed by atoms with Crippen molar-refractivity contribution in [3.8, 4) is 0 Å². The van der Waals surface area contributed by atoms with Gasteiger partial charge in [-0.2, -0.15) is 0 Å². The van der Waals surface area contributed by atoms with E-state index in [4.69, 9.17) is 14.2 Å². The van der Waals surface area contributed by atoms with E-state index in [9.17, 15) is 14.4 Å². The predicted octanol–water partition coefficient (Wildman–Crippen LogP) is 22.1. The van der Waals surface area contributed by atoms with Crippen LogP contribution in [0.5, 0.6) is 0 Å². The van der Waals surface area contributed by atoms with Crippen LogP contribution in [0.2, 0.25) is 0 Å². The number of unbranched alkanes of at least 4 members (excludes halogenated alkanes) is 48. The molecule has 0 fully saturated rings. The van der Waals surface area contributed by atoms with Crippen LogP contribution in [0.3, 0.4) is 0 Å².